The molecule has 0 aliphatic carbocycles. The fourth-order valence-corrected chi connectivity index (χ4v) is 3.01. The van der Waals surface area contributed by atoms with Crippen LogP contribution in [0.3, 0.4) is 0 Å². The maximum Gasteiger partial charge on any atom is 0.0357 e. The lowest BCUT2D eigenvalue weighted by molar-refractivity contribution is 0.223. The van der Waals surface area contributed by atoms with E-state index in [1.165, 1.54) is 32.5 Å². The summed E-state index contributed by atoms with van der Waals surface area (Å²) >= 11 is 0. The van der Waals surface area contributed by atoms with Crippen LogP contribution in [0, 0.1) is 5.92 Å². The number of hydrogen-bond acceptors (Lipinski definition) is 3. The Hall–Kier alpha value is 0.0700. The van der Waals surface area contributed by atoms with Gasteiger partial charge in [-0.15, -0.1) is 0 Å². The summed E-state index contributed by atoms with van der Waals surface area (Å²) in [5, 5.41) is 3.56. The maximum atomic E-state index is 10.9. The second-order valence-electron chi connectivity index (χ2n) is 4.48. The average molecular weight is 216 g/mol. The molecule has 2 aliphatic rings. The number of rotatable bonds is 4. The van der Waals surface area contributed by atoms with Gasteiger partial charge in [0.1, 0.15) is 0 Å². The van der Waals surface area contributed by atoms with Crippen molar-refractivity contribution in [1.82, 2.24) is 10.2 Å². The topological polar surface area (TPSA) is 32.3 Å². The van der Waals surface area contributed by atoms with Crippen LogP contribution >= 0.6 is 0 Å². The predicted molar refractivity (Wildman–Crippen MR) is 59.9 cm³/mol. The lowest BCUT2D eigenvalue weighted by Crippen LogP contribution is -2.44. The van der Waals surface area contributed by atoms with Crippen molar-refractivity contribution >= 4 is 10.8 Å². The summed E-state index contributed by atoms with van der Waals surface area (Å²) in [6, 6.07) is 0.692. The molecule has 2 saturated heterocycles. The fourth-order valence-electron chi connectivity index (χ4n) is 2.61. The van der Waals surface area contributed by atoms with E-state index in [4.69, 9.17) is 0 Å². The van der Waals surface area contributed by atoms with Gasteiger partial charge in [0, 0.05) is 41.9 Å². The number of piperidine rings is 1. The van der Waals surface area contributed by atoms with Gasteiger partial charge in [0.25, 0.3) is 0 Å². The Morgan fingerprint density at radius 1 is 1.43 bits per heavy atom. The molecule has 0 amide bonds. The van der Waals surface area contributed by atoms with Crippen molar-refractivity contribution < 1.29 is 4.21 Å². The first kappa shape index (κ1) is 10.6. The SMILES string of the molecule is CS(=O)CCNC1CCN2CCC1C2. The van der Waals surface area contributed by atoms with Gasteiger partial charge in [-0.2, -0.15) is 0 Å². The first-order valence-electron chi connectivity index (χ1n) is 5.51. The molecule has 0 aromatic rings. The highest BCUT2D eigenvalue weighted by Gasteiger charge is 2.33. The van der Waals surface area contributed by atoms with Gasteiger partial charge in [0.2, 0.25) is 0 Å². The summed E-state index contributed by atoms with van der Waals surface area (Å²) in [4.78, 5) is 2.56. The third-order valence-electron chi connectivity index (χ3n) is 3.43. The molecule has 3 nitrogen and oxygen atoms in total. The van der Waals surface area contributed by atoms with Crippen molar-refractivity contribution in [3.8, 4) is 0 Å². The van der Waals surface area contributed by atoms with E-state index >= 15 is 0 Å². The van der Waals surface area contributed by atoms with E-state index < -0.39 is 10.8 Å². The summed E-state index contributed by atoms with van der Waals surface area (Å²) in [7, 11) is -0.646. The van der Waals surface area contributed by atoms with E-state index in [2.05, 4.69) is 10.2 Å². The zero-order valence-corrected chi connectivity index (χ0v) is 9.68. The molecule has 0 aromatic carbocycles. The molecule has 1 N–H and O–H groups in total. The van der Waals surface area contributed by atoms with Crippen LogP contribution < -0.4 is 5.32 Å². The fraction of sp³-hybridized carbons (Fsp3) is 1.00. The van der Waals surface area contributed by atoms with Crippen LogP contribution in [0.4, 0.5) is 0 Å². The van der Waals surface area contributed by atoms with Gasteiger partial charge in [-0.25, -0.2) is 0 Å². The lowest BCUT2D eigenvalue weighted by atomic mass is 9.94. The van der Waals surface area contributed by atoms with E-state index in [1.54, 1.807) is 6.26 Å². The van der Waals surface area contributed by atoms with Crippen molar-refractivity contribution in [3.05, 3.63) is 0 Å². The van der Waals surface area contributed by atoms with Gasteiger partial charge in [-0.3, -0.25) is 4.21 Å². The molecule has 82 valence electrons. The van der Waals surface area contributed by atoms with Crippen molar-refractivity contribution in [1.29, 1.82) is 0 Å². The van der Waals surface area contributed by atoms with Crippen LogP contribution in [0.25, 0.3) is 0 Å². The van der Waals surface area contributed by atoms with Crippen molar-refractivity contribution in [2.45, 2.75) is 18.9 Å². The first-order valence-corrected chi connectivity index (χ1v) is 7.24. The molecule has 0 saturated carbocycles. The summed E-state index contributed by atoms with van der Waals surface area (Å²) in [5.74, 6) is 1.65. The van der Waals surface area contributed by atoms with Crippen LogP contribution in [0.5, 0.6) is 0 Å². The molecule has 2 aliphatic heterocycles. The molecule has 2 heterocycles. The largest absolute Gasteiger partial charge is 0.313 e. The standard InChI is InChI=1S/C10H20N2OS/c1-14(13)7-4-11-10-3-6-12-5-2-9(10)8-12/h9-11H,2-8H2,1H3. The number of nitrogens with zero attached hydrogens (tertiary/aromatic N) is 1. The van der Waals surface area contributed by atoms with Crippen LogP contribution in [-0.2, 0) is 10.8 Å². The zero-order valence-electron chi connectivity index (χ0n) is 8.87. The van der Waals surface area contributed by atoms with E-state index in [0.29, 0.717) is 6.04 Å². The molecule has 2 fully saturated rings. The molecule has 0 radical (unpaired) electrons. The minimum atomic E-state index is -0.646. The van der Waals surface area contributed by atoms with E-state index in [0.717, 1.165) is 18.2 Å². The minimum absolute atomic E-state index is 0.646. The Kier molecular flexibility index (Phi) is 3.57. The normalized spacial score (nSPS) is 38.5. The molecule has 14 heavy (non-hydrogen) atoms. The van der Waals surface area contributed by atoms with Gasteiger partial charge in [0.15, 0.2) is 0 Å². The van der Waals surface area contributed by atoms with Gasteiger partial charge in [0.05, 0.1) is 0 Å². The maximum absolute atomic E-state index is 10.9. The van der Waals surface area contributed by atoms with Crippen LogP contribution in [0.2, 0.25) is 0 Å². The number of fused-ring (bicyclic) bond motifs is 2. The van der Waals surface area contributed by atoms with E-state index in [-0.39, 0.29) is 0 Å². The van der Waals surface area contributed by atoms with Crippen molar-refractivity contribution in [3.63, 3.8) is 0 Å². The molecule has 4 unspecified atom stereocenters. The summed E-state index contributed by atoms with van der Waals surface area (Å²) in [5.41, 5.74) is 0. The van der Waals surface area contributed by atoms with Crippen LogP contribution in [0.15, 0.2) is 0 Å². The highest BCUT2D eigenvalue weighted by atomic mass is 32.2. The smallest absolute Gasteiger partial charge is 0.0357 e. The van der Waals surface area contributed by atoms with Gasteiger partial charge in [-0.1, -0.05) is 0 Å². The van der Waals surface area contributed by atoms with Crippen molar-refractivity contribution in [2.75, 3.05) is 38.2 Å². The Morgan fingerprint density at radius 2 is 2.21 bits per heavy atom. The number of hydrogen-bond donors (Lipinski definition) is 1. The molecular formula is C10H20N2OS. The highest BCUT2D eigenvalue weighted by Crippen LogP contribution is 2.26. The molecule has 2 bridgehead atoms. The minimum Gasteiger partial charge on any atom is -0.313 e. The molecular weight excluding hydrogens is 196 g/mol. The summed E-state index contributed by atoms with van der Waals surface area (Å²) in [6.45, 7) is 4.75. The quantitative estimate of drug-likeness (QED) is 0.721. The second-order valence-corrected chi connectivity index (χ2v) is 6.03. The Morgan fingerprint density at radius 3 is 3.00 bits per heavy atom. The van der Waals surface area contributed by atoms with E-state index in [9.17, 15) is 4.21 Å². The molecule has 2 rings (SSSR count). The van der Waals surface area contributed by atoms with E-state index in [1.807, 2.05) is 0 Å². The van der Waals surface area contributed by atoms with Gasteiger partial charge >= 0.3 is 0 Å². The zero-order chi connectivity index (χ0) is 9.97. The van der Waals surface area contributed by atoms with Crippen LogP contribution in [0.1, 0.15) is 12.8 Å². The van der Waals surface area contributed by atoms with Gasteiger partial charge in [-0.05, 0) is 31.8 Å². The monoisotopic (exact) mass is 216 g/mol. The third-order valence-corrected chi connectivity index (χ3v) is 4.21. The average Bonchev–Trinajstić information content (AvgIpc) is 2.52. The molecule has 0 spiro atoms. The molecule has 0 aromatic heterocycles. The summed E-state index contributed by atoms with van der Waals surface area (Å²) < 4.78 is 10.9. The Labute approximate surface area is 88.7 Å². The molecule has 4 heteroatoms. The summed E-state index contributed by atoms with van der Waals surface area (Å²) in [6.07, 6.45) is 4.41. The Bertz CT molecular complexity index is 222. The molecule has 4 atom stereocenters. The Balaban J connectivity index is 1.72. The second kappa shape index (κ2) is 4.73. The third kappa shape index (κ3) is 2.55. The lowest BCUT2D eigenvalue weighted by Gasteiger charge is -2.31. The number of nitrogens with one attached hydrogen (secondary N) is 1. The highest BCUT2D eigenvalue weighted by molar-refractivity contribution is 7.84. The van der Waals surface area contributed by atoms with Gasteiger partial charge < -0.3 is 10.2 Å². The van der Waals surface area contributed by atoms with Crippen molar-refractivity contribution in [2.24, 2.45) is 5.92 Å². The predicted octanol–water partition coefficient (Wildman–Crippen LogP) is 0.0487. The first-order chi connectivity index (χ1) is 6.75. The van der Waals surface area contributed by atoms with Crippen LogP contribution in [-0.4, -0.2) is 53.3 Å².